The number of hydrogen-bond donors (Lipinski definition) is 3. The van der Waals surface area contributed by atoms with Crippen molar-refractivity contribution < 1.29 is 29.0 Å². The molecule has 3 N–H and O–H groups in total. The smallest absolute Gasteiger partial charge is 0.329 e. The van der Waals surface area contributed by atoms with Crippen molar-refractivity contribution in [3.8, 4) is 0 Å². The summed E-state index contributed by atoms with van der Waals surface area (Å²) in [5.74, 6) is -1.22. The van der Waals surface area contributed by atoms with E-state index < -0.39 is 19.6 Å². The molecule has 178 valence electrons. The van der Waals surface area contributed by atoms with Crippen LogP contribution in [0.15, 0.2) is 78.9 Å². The molecular weight excluding hydrogens is 453 g/mol. The number of hydrogen-bond acceptors (Lipinski definition) is 3. The van der Waals surface area contributed by atoms with Gasteiger partial charge < -0.3 is 19.8 Å². The molecule has 8 heteroatoms. The van der Waals surface area contributed by atoms with Gasteiger partial charge >= 0.3 is 13.6 Å². The Kier molecular flexibility index (Phi) is 8.40. The van der Waals surface area contributed by atoms with Crippen molar-refractivity contribution >= 4 is 19.5 Å². The van der Waals surface area contributed by atoms with Crippen LogP contribution in [0.5, 0.6) is 0 Å². The molecule has 1 unspecified atom stereocenters. The number of rotatable bonds is 10. The number of amides is 1. The Hall–Kier alpha value is -3.25. The normalized spacial score (nSPS) is 12.2. The van der Waals surface area contributed by atoms with E-state index in [9.17, 15) is 29.0 Å². The lowest BCUT2D eigenvalue weighted by atomic mass is 9.98. The summed E-state index contributed by atoms with van der Waals surface area (Å²) in [5.41, 5.74) is 3.75. The van der Waals surface area contributed by atoms with Crippen LogP contribution < -0.4 is 0 Å². The predicted molar refractivity (Wildman–Crippen MR) is 129 cm³/mol. The number of benzene rings is 3. The number of carbonyl (C=O) groups is 2. The number of aryl methyl sites for hydroxylation is 1. The summed E-state index contributed by atoms with van der Waals surface area (Å²) in [4.78, 5) is 45.2. The number of carboxylic acids is 1. The quantitative estimate of drug-likeness (QED) is 0.368. The zero-order chi connectivity index (χ0) is 24.7. The first kappa shape index (κ1) is 25.4. The lowest BCUT2D eigenvalue weighted by Crippen LogP contribution is -2.36. The second-order valence-electron chi connectivity index (χ2n) is 8.35. The Morgan fingerprint density at radius 1 is 0.882 bits per heavy atom. The largest absolute Gasteiger partial charge is 0.481 e. The summed E-state index contributed by atoms with van der Waals surface area (Å²) in [6.45, 7) is 2.07. The van der Waals surface area contributed by atoms with Gasteiger partial charge in [0.15, 0.2) is 0 Å². The average Bonchev–Trinajstić information content (AvgIpc) is 2.76. The van der Waals surface area contributed by atoms with E-state index in [1.54, 1.807) is 29.2 Å². The van der Waals surface area contributed by atoms with Crippen LogP contribution in [0.25, 0.3) is 0 Å². The van der Waals surface area contributed by atoms with E-state index >= 15 is 0 Å². The lowest BCUT2D eigenvalue weighted by molar-refractivity contribution is -0.141. The van der Waals surface area contributed by atoms with Gasteiger partial charge in [-0.25, -0.2) is 0 Å². The monoisotopic (exact) mass is 481 g/mol. The summed E-state index contributed by atoms with van der Waals surface area (Å²) in [6.07, 6.45) is -0.492. The zero-order valence-electron chi connectivity index (χ0n) is 18.9. The van der Waals surface area contributed by atoms with Crippen LogP contribution in [0.2, 0.25) is 0 Å². The maximum atomic E-state index is 13.5. The first-order valence-electron chi connectivity index (χ1n) is 10.8. The van der Waals surface area contributed by atoms with Crippen LogP contribution in [0.3, 0.4) is 0 Å². The second-order valence-corrected chi connectivity index (χ2v) is 10.00. The molecule has 0 radical (unpaired) electrons. The van der Waals surface area contributed by atoms with Crippen LogP contribution in [0.1, 0.15) is 40.3 Å². The summed E-state index contributed by atoms with van der Waals surface area (Å²) in [6, 6.07) is 22.7. The fourth-order valence-corrected chi connectivity index (χ4v) is 4.57. The molecule has 0 saturated carbocycles. The Labute approximate surface area is 198 Å². The summed E-state index contributed by atoms with van der Waals surface area (Å²) >= 11 is 0. The van der Waals surface area contributed by atoms with Crippen molar-refractivity contribution in [2.24, 2.45) is 0 Å². The molecule has 1 amide bonds. The highest BCUT2D eigenvalue weighted by atomic mass is 31.2. The lowest BCUT2D eigenvalue weighted by Gasteiger charge is -2.32. The Morgan fingerprint density at radius 3 is 2.12 bits per heavy atom. The Bertz CT molecular complexity index is 1170. The standard InChI is InChI=1S/C26H28NO6P/c1-19-6-5-9-23(14-19)24(16-26(29)30)27(25(28)15-20-7-3-2-4-8-20)17-21-10-12-22(13-11-21)18-34(31,32)33/h2-14,24H,15-18H2,1H3,(H,29,30)(H2,31,32,33). The molecule has 7 nitrogen and oxygen atoms in total. The molecule has 1 atom stereocenters. The molecule has 0 fully saturated rings. The molecule has 0 saturated heterocycles. The van der Waals surface area contributed by atoms with Crippen LogP contribution in [0, 0.1) is 6.92 Å². The van der Waals surface area contributed by atoms with Crippen molar-refractivity contribution in [1.29, 1.82) is 0 Å². The highest BCUT2D eigenvalue weighted by Gasteiger charge is 2.28. The average molecular weight is 481 g/mol. The fourth-order valence-electron chi connectivity index (χ4n) is 3.88. The van der Waals surface area contributed by atoms with Gasteiger partial charge in [0.2, 0.25) is 5.91 Å². The zero-order valence-corrected chi connectivity index (χ0v) is 19.8. The van der Waals surface area contributed by atoms with Gasteiger partial charge in [-0.3, -0.25) is 14.2 Å². The van der Waals surface area contributed by atoms with E-state index in [0.717, 1.165) is 22.3 Å². The van der Waals surface area contributed by atoms with E-state index in [4.69, 9.17) is 0 Å². The van der Waals surface area contributed by atoms with Crippen molar-refractivity contribution in [3.63, 3.8) is 0 Å². The number of nitrogens with zero attached hydrogens (tertiary/aromatic N) is 1. The molecule has 0 heterocycles. The molecule has 0 aromatic heterocycles. The van der Waals surface area contributed by atoms with Crippen LogP contribution in [-0.4, -0.2) is 31.7 Å². The molecule has 0 spiro atoms. The minimum absolute atomic E-state index is 0.124. The second kappa shape index (κ2) is 11.3. The molecule has 0 aliphatic carbocycles. The first-order chi connectivity index (χ1) is 16.1. The number of aliphatic carboxylic acids is 1. The Balaban J connectivity index is 1.95. The molecule has 3 aromatic carbocycles. The minimum atomic E-state index is -4.19. The summed E-state index contributed by atoms with van der Waals surface area (Å²) < 4.78 is 11.3. The highest BCUT2D eigenvalue weighted by molar-refractivity contribution is 7.50. The third-order valence-corrected chi connectivity index (χ3v) is 6.23. The van der Waals surface area contributed by atoms with E-state index in [-0.39, 0.29) is 31.5 Å². The molecule has 3 rings (SSSR count). The third kappa shape index (κ3) is 7.66. The summed E-state index contributed by atoms with van der Waals surface area (Å²) in [7, 11) is -4.19. The fraction of sp³-hybridized carbons (Fsp3) is 0.231. The van der Waals surface area contributed by atoms with E-state index in [1.165, 1.54) is 0 Å². The van der Waals surface area contributed by atoms with Gasteiger partial charge in [-0.2, -0.15) is 0 Å². The highest BCUT2D eigenvalue weighted by Crippen LogP contribution is 2.39. The topological polar surface area (TPSA) is 115 Å². The minimum Gasteiger partial charge on any atom is -0.481 e. The predicted octanol–water partition coefficient (Wildman–Crippen LogP) is 4.46. The molecular formula is C26H28NO6P. The first-order valence-corrected chi connectivity index (χ1v) is 12.6. The SMILES string of the molecule is Cc1cccc(C(CC(=O)O)N(Cc2ccc(CP(=O)(O)O)cc2)C(=O)Cc2ccccc2)c1. The van der Waals surface area contributed by atoms with Gasteiger partial charge in [0.1, 0.15) is 0 Å². The van der Waals surface area contributed by atoms with Gasteiger partial charge in [0.25, 0.3) is 0 Å². The van der Waals surface area contributed by atoms with E-state index in [0.29, 0.717) is 5.56 Å². The summed E-state index contributed by atoms with van der Waals surface area (Å²) in [5, 5.41) is 9.63. The third-order valence-electron chi connectivity index (χ3n) is 5.45. The van der Waals surface area contributed by atoms with Gasteiger partial charge in [-0.1, -0.05) is 84.4 Å². The molecule has 34 heavy (non-hydrogen) atoms. The molecule has 0 aliphatic rings. The maximum Gasteiger partial charge on any atom is 0.329 e. The van der Waals surface area contributed by atoms with E-state index in [2.05, 4.69) is 0 Å². The Morgan fingerprint density at radius 2 is 1.53 bits per heavy atom. The van der Waals surface area contributed by atoms with Crippen LogP contribution >= 0.6 is 7.60 Å². The van der Waals surface area contributed by atoms with Crippen molar-refractivity contribution in [2.75, 3.05) is 0 Å². The van der Waals surface area contributed by atoms with Crippen molar-refractivity contribution in [1.82, 2.24) is 4.90 Å². The van der Waals surface area contributed by atoms with Gasteiger partial charge in [-0.15, -0.1) is 0 Å². The van der Waals surface area contributed by atoms with Crippen molar-refractivity contribution in [2.45, 2.75) is 38.5 Å². The number of carboxylic acid groups (broad SMARTS) is 1. The number of carbonyl (C=O) groups excluding carboxylic acids is 1. The van der Waals surface area contributed by atoms with Crippen molar-refractivity contribution in [3.05, 3.63) is 107 Å². The maximum absolute atomic E-state index is 13.5. The van der Waals surface area contributed by atoms with Crippen LogP contribution in [-0.2, 0) is 33.3 Å². The molecule has 0 bridgehead atoms. The van der Waals surface area contributed by atoms with Gasteiger partial charge in [0, 0.05) is 6.54 Å². The van der Waals surface area contributed by atoms with Crippen LogP contribution in [0.4, 0.5) is 0 Å². The van der Waals surface area contributed by atoms with Gasteiger partial charge in [-0.05, 0) is 29.2 Å². The van der Waals surface area contributed by atoms with E-state index in [1.807, 2.05) is 61.5 Å². The molecule has 3 aromatic rings. The van der Waals surface area contributed by atoms with Gasteiger partial charge in [0.05, 0.1) is 25.0 Å². The molecule has 0 aliphatic heterocycles.